The first kappa shape index (κ1) is 20.2. The third-order valence-electron chi connectivity index (χ3n) is 4.12. The molecule has 1 heterocycles. The van der Waals surface area contributed by atoms with Crippen molar-refractivity contribution in [3.05, 3.63) is 29.8 Å². The van der Waals surface area contributed by atoms with E-state index >= 15 is 0 Å². The summed E-state index contributed by atoms with van der Waals surface area (Å²) in [6.07, 6.45) is 0.542. The van der Waals surface area contributed by atoms with E-state index in [0.717, 1.165) is 44.9 Å². The van der Waals surface area contributed by atoms with E-state index in [1.165, 1.54) is 5.56 Å². The molecule has 1 aromatic rings. The van der Waals surface area contributed by atoms with Gasteiger partial charge in [0.1, 0.15) is 18.5 Å². The Kier molecular flexibility index (Phi) is 9.52. The Labute approximate surface area is 145 Å². The minimum absolute atomic E-state index is 0. The highest BCUT2D eigenvalue weighted by Gasteiger charge is 2.19. The Balaban J connectivity index is 0.00000264. The standard InChI is InChI=1S/C17H28N2O3.ClH/c1-2-15-3-5-17(6-4-15)22-14-16(21)13-19-9-7-18(8-10-19)11-12-20;/h3-6,16,20-21H,2,7-14H2,1H3;1H/p-1. The topological polar surface area (TPSA) is 56.2 Å². The van der Waals surface area contributed by atoms with Crippen LogP contribution in [0, 0.1) is 0 Å². The molecule has 1 aliphatic rings. The summed E-state index contributed by atoms with van der Waals surface area (Å²) in [5.41, 5.74) is 1.29. The largest absolute Gasteiger partial charge is 1.00 e. The Morgan fingerprint density at radius 2 is 1.70 bits per heavy atom. The summed E-state index contributed by atoms with van der Waals surface area (Å²) in [7, 11) is 0. The molecule has 1 saturated heterocycles. The van der Waals surface area contributed by atoms with Crippen molar-refractivity contribution in [3.63, 3.8) is 0 Å². The molecule has 0 aliphatic carbocycles. The lowest BCUT2D eigenvalue weighted by Gasteiger charge is -2.35. The summed E-state index contributed by atoms with van der Waals surface area (Å²) in [6.45, 7) is 7.81. The van der Waals surface area contributed by atoms with Crippen LogP contribution in [0.2, 0.25) is 0 Å². The highest BCUT2D eigenvalue weighted by Crippen LogP contribution is 2.13. The quantitative estimate of drug-likeness (QED) is 0.551. The van der Waals surface area contributed by atoms with E-state index in [4.69, 9.17) is 9.84 Å². The minimum Gasteiger partial charge on any atom is -1.00 e. The van der Waals surface area contributed by atoms with Crippen LogP contribution in [0.25, 0.3) is 0 Å². The molecule has 2 N–H and O–H groups in total. The molecule has 6 heteroatoms. The summed E-state index contributed by atoms with van der Waals surface area (Å²) in [4.78, 5) is 4.50. The van der Waals surface area contributed by atoms with Crippen LogP contribution in [0.15, 0.2) is 24.3 Å². The molecule has 5 nitrogen and oxygen atoms in total. The van der Waals surface area contributed by atoms with Crippen molar-refractivity contribution >= 4 is 0 Å². The van der Waals surface area contributed by atoms with Gasteiger partial charge in [-0.1, -0.05) is 19.1 Å². The van der Waals surface area contributed by atoms with Gasteiger partial charge in [0.05, 0.1) is 6.61 Å². The number of aliphatic hydroxyl groups is 2. The van der Waals surface area contributed by atoms with E-state index in [-0.39, 0.29) is 19.0 Å². The number of aliphatic hydroxyl groups excluding tert-OH is 2. The molecule has 0 spiro atoms. The number of hydrogen-bond donors (Lipinski definition) is 2. The lowest BCUT2D eigenvalue weighted by atomic mass is 10.2. The summed E-state index contributed by atoms with van der Waals surface area (Å²) in [5.74, 6) is 0.809. The fraction of sp³-hybridized carbons (Fsp3) is 0.647. The van der Waals surface area contributed by atoms with Crippen LogP contribution < -0.4 is 17.1 Å². The van der Waals surface area contributed by atoms with Crippen molar-refractivity contribution in [1.82, 2.24) is 9.80 Å². The molecule has 0 bridgehead atoms. The average Bonchev–Trinajstić information content (AvgIpc) is 2.55. The Hall–Kier alpha value is -0.850. The van der Waals surface area contributed by atoms with Crippen LogP contribution in [0.1, 0.15) is 12.5 Å². The maximum absolute atomic E-state index is 10.1. The summed E-state index contributed by atoms with van der Waals surface area (Å²) >= 11 is 0. The van der Waals surface area contributed by atoms with Crippen molar-refractivity contribution in [2.75, 3.05) is 52.5 Å². The molecule has 0 aromatic heterocycles. The Morgan fingerprint density at radius 3 is 2.26 bits per heavy atom. The van der Waals surface area contributed by atoms with Crippen molar-refractivity contribution in [2.24, 2.45) is 0 Å². The predicted octanol–water partition coefficient (Wildman–Crippen LogP) is -2.40. The number of hydrogen-bond acceptors (Lipinski definition) is 5. The zero-order chi connectivity index (χ0) is 15.8. The van der Waals surface area contributed by atoms with Crippen LogP contribution in [0.3, 0.4) is 0 Å². The second-order valence-corrected chi connectivity index (χ2v) is 5.83. The van der Waals surface area contributed by atoms with Crippen LogP contribution in [0.4, 0.5) is 0 Å². The number of ether oxygens (including phenoxy) is 1. The minimum atomic E-state index is -0.477. The van der Waals surface area contributed by atoms with E-state index in [2.05, 4.69) is 28.9 Å². The average molecular weight is 344 g/mol. The number of aryl methyl sites for hydroxylation is 1. The molecule has 1 fully saturated rings. The van der Waals surface area contributed by atoms with E-state index in [9.17, 15) is 5.11 Å². The van der Waals surface area contributed by atoms with Gasteiger partial charge in [-0.05, 0) is 24.1 Å². The number of rotatable bonds is 8. The SMILES string of the molecule is CCc1ccc(OCC(O)CN2CCN(CCO)CC2)cc1.[Cl-]. The number of nitrogens with zero attached hydrogens (tertiary/aromatic N) is 2. The molecule has 1 aromatic carbocycles. The van der Waals surface area contributed by atoms with Gasteiger partial charge in [0, 0.05) is 39.3 Å². The van der Waals surface area contributed by atoms with Crippen LogP contribution in [0.5, 0.6) is 5.75 Å². The van der Waals surface area contributed by atoms with Gasteiger partial charge in [-0.15, -0.1) is 0 Å². The van der Waals surface area contributed by atoms with E-state index < -0.39 is 6.10 Å². The summed E-state index contributed by atoms with van der Waals surface area (Å²) < 4.78 is 5.65. The number of halogens is 1. The molecule has 1 unspecified atom stereocenters. The molecule has 0 saturated carbocycles. The second-order valence-electron chi connectivity index (χ2n) is 5.83. The van der Waals surface area contributed by atoms with E-state index in [1.54, 1.807) is 0 Å². The number of piperazine rings is 1. The first-order valence-electron chi connectivity index (χ1n) is 8.16. The fourth-order valence-corrected chi connectivity index (χ4v) is 2.70. The normalized spacial score (nSPS) is 17.5. The van der Waals surface area contributed by atoms with Gasteiger partial charge in [0.2, 0.25) is 0 Å². The third kappa shape index (κ3) is 7.06. The molecule has 0 amide bonds. The van der Waals surface area contributed by atoms with Crippen LogP contribution in [-0.2, 0) is 6.42 Å². The van der Waals surface area contributed by atoms with Crippen molar-refractivity contribution in [2.45, 2.75) is 19.4 Å². The predicted molar refractivity (Wildman–Crippen MR) is 87.3 cm³/mol. The summed E-state index contributed by atoms with van der Waals surface area (Å²) in [5, 5.41) is 19.0. The maximum Gasteiger partial charge on any atom is 0.119 e. The van der Waals surface area contributed by atoms with Gasteiger partial charge >= 0.3 is 0 Å². The Bertz CT molecular complexity index is 422. The highest BCUT2D eigenvalue weighted by molar-refractivity contribution is 5.27. The van der Waals surface area contributed by atoms with Crippen LogP contribution in [-0.4, -0.2) is 78.6 Å². The summed E-state index contributed by atoms with van der Waals surface area (Å²) in [6, 6.07) is 8.03. The fourth-order valence-electron chi connectivity index (χ4n) is 2.70. The van der Waals surface area contributed by atoms with Gasteiger partial charge in [0.15, 0.2) is 0 Å². The second kappa shape index (κ2) is 10.8. The van der Waals surface area contributed by atoms with Gasteiger partial charge in [-0.3, -0.25) is 9.80 Å². The van der Waals surface area contributed by atoms with E-state index in [0.29, 0.717) is 13.2 Å². The van der Waals surface area contributed by atoms with Crippen molar-refractivity contribution in [1.29, 1.82) is 0 Å². The highest BCUT2D eigenvalue weighted by atomic mass is 35.5. The number of β-amino-alcohol motifs (C(OH)–C–C–N with tert-alkyl or cyclic N) is 2. The lowest BCUT2D eigenvalue weighted by molar-refractivity contribution is -0.00000794. The lowest BCUT2D eigenvalue weighted by Crippen LogP contribution is -3.00. The van der Waals surface area contributed by atoms with E-state index in [1.807, 2.05) is 12.1 Å². The maximum atomic E-state index is 10.1. The molecular weight excluding hydrogens is 316 g/mol. The number of benzene rings is 1. The molecule has 0 radical (unpaired) electrons. The van der Waals surface area contributed by atoms with Crippen molar-refractivity contribution in [3.8, 4) is 5.75 Å². The first-order valence-corrected chi connectivity index (χ1v) is 8.16. The molecule has 132 valence electrons. The molecule has 1 atom stereocenters. The molecular formula is C17H28ClN2O3-. The van der Waals surface area contributed by atoms with Gasteiger partial charge in [-0.2, -0.15) is 0 Å². The van der Waals surface area contributed by atoms with Gasteiger partial charge < -0.3 is 27.4 Å². The Morgan fingerprint density at radius 1 is 1.09 bits per heavy atom. The van der Waals surface area contributed by atoms with Crippen molar-refractivity contribution < 1.29 is 27.4 Å². The monoisotopic (exact) mass is 343 g/mol. The molecule has 23 heavy (non-hydrogen) atoms. The zero-order valence-electron chi connectivity index (χ0n) is 13.8. The first-order chi connectivity index (χ1) is 10.7. The molecule has 1 aliphatic heterocycles. The zero-order valence-corrected chi connectivity index (χ0v) is 14.6. The van der Waals surface area contributed by atoms with Gasteiger partial charge in [-0.25, -0.2) is 0 Å². The third-order valence-corrected chi connectivity index (χ3v) is 4.12. The molecule has 2 rings (SSSR count). The van der Waals surface area contributed by atoms with Gasteiger partial charge in [0.25, 0.3) is 0 Å². The van der Waals surface area contributed by atoms with Crippen LogP contribution >= 0.6 is 0 Å². The smallest absolute Gasteiger partial charge is 0.119 e.